The topological polar surface area (TPSA) is 39.9 Å². The van der Waals surface area contributed by atoms with Crippen LogP contribution in [0.3, 0.4) is 0 Å². The second-order valence-electron chi connectivity index (χ2n) is 4.62. The lowest BCUT2D eigenvalue weighted by Crippen LogP contribution is -2.34. The first kappa shape index (κ1) is 12.5. The monoisotopic (exact) mass is 217 g/mol. The van der Waals surface area contributed by atoms with Gasteiger partial charge >= 0.3 is 0 Å². The van der Waals surface area contributed by atoms with Crippen LogP contribution in [0, 0.1) is 17.2 Å². The van der Waals surface area contributed by atoms with Gasteiger partial charge in [0.1, 0.15) is 6.07 Å². The van der Waals surface area contributed by atoms with Gasteiger partial charge in [0.2, 0.25) is 0 Å². The van der Waals surface area contributed by atoms with Gasteiger partial charge in [-0.25, -0.2) is 4.98 Å². The number of nitrogens with zero attached hydrogens (tertiary/aromatic N) is 3. The number of anilines is 1. The third kappa shape index (κ3) is 2.96. The van der Waals surface area contributed by atoms with Crippen molar-refractivity contribution in [3.05, 3.63) is 24.0 Å². The van der Waals surface area contributed by atoms with Gasteiger partial charge in [-0.05, 0) is 31.9 Å². The van der Waals surface area contributed by atoms with Crippen molar-refractivity contribution in [1.29, 1.82) is 5.26 Å². The van der Waals surface area contributed by atoms with Crippen LogP contribution in [0.2, 0.25) is 0 Å². The molecule has 0 atom stereocenters. The van der Waals surface area contributed by atoms with E-state index in [1.807, 2.05) is 12.1 Å². The highest BCUT2D eigenvalue weighted by atomic mass is 15.2. The molecule has 0 aromatic carbocycles. The molecule has 3 heteroatoms. The van der Waals surface area contributed by atoms with E-state index in [1.165, 1.54) is 0 Å². The van der Waals surface area contributed by atoms with Crippen LogP contribution < -0.4 is 4.90 Å². The van der Waals surface area contributed by atoms with E-state index in [9.17, 15) is 0 Å². The molecule has 0 spiro atoms. The Morgan fingerprint density at radius 3 is 2.56 bits per heavy atom. The molecule has 1 aromatic heterocycles. The third-order valence-corrected chi connectivity index (χ3v) is 2.39. The Bertz CT molecular complexity index is 377. The van der Waals surface area contributed by atoms with Crippen LogP contribution in [0.4, 0.5) is 5.69 Å². The minimum absolute atomic E-state index is 0.374. The second kappa shape index (κ2) is 5.50. The summed E-state index contributed by atoms with van der Waals surface area (Å²) < 4.78 is 0. The molecular formula is C13H19N3. The normalized spacial score (nSPS) is 10.6. The Morgan fingerprint density at radius 2 is 2.06 bits per heavy atom. The van der Waals surface area contributed by atoms with Crippen molar-refractivity contribution in [2.75, 3.05) is 11.4 Å². The third-order valence-electron chi connectivity index (χ3n) is 2.39. The predicted molar refractivity (Wildman–Crippen MR) is 66.3 cm³/mol. The first-order valence-electron chi connectivity index (χ1n) is 5.68. The highest BCUT2D eigenvalue weighted by Gasteiger charge is 2.15. The summed E-state index contributed by atoms with van der Waals surface area (Å²) in [5.41, 5.74) is 1.45. The molecule has 0 aliphatic heterocycles. The molecule has 0 amide bonds. The highest BCUT2D eigenvalue weighted by Crippen LogP contribution is 2.21. The van der Waals surface area contributed by atoms with Crippen molar-refractivity contribution in [2.45, 2.75) is 33.7 Å². The number of nitriles is 1. The maximum Gasteiger partial charge on any atom is 0.163 e. The average Bonchev–Trinajstić information content (AvgIpc) is 2.25. The van der Waals surface area contributed by atoms with Crippen molar-refractivity contribution in [2.24, 2.45) is 5.92 Å². The van der Waals surface area contributed by atoms with E-state index in [2.05, 4.69) is 43.6 Å². The van der Waals surface area contributed by atoms with Crippen LogP contribution in [0.25, 0.3) is 0 Å². The van der Waals surface area contributed by atoms with Gasteiger partial charge in [0.25, 0.3) is 0 Å². The summed E-state index contributed by atoms with van der Waals surface area (Å²) in [6, 6.07) is 6.37. The van der Waals surface area contributed by atoms with Crippen LogP contribution in [-0.4, -0.2) is 17.6 Å². The van der Waals surface area contributed by atoms with Crippen molar-refractivity contribution in [3.63, 3.8) is 0 Å². The number of rotatable bonds is 4. The Balaban J connectivity index is 3.06. The maximum absolute atomic E-state index is 9.04. The van der Waals surface area contributed by atoms with Crippen molar-refractivity contribution in [1.82, 2.24) is 4.98 Å². The molecule has 0 fully saturated rings. The van der Waals surface area contributed by atoms with Gasteiger partial charge in [-0.15, -0.1) is 0 Å². The molecule has 1 aromatic rings. The van der Waals surface area contributed by atoms with Crippen LogP contribution in [0.1, 0.15) is 33.4 Å². The van der Waals surface area contributed by atoms with E-state index < -0.39 is 0 Å². The van der Waals surface area contributed by atoms with E-state index in [4.69, 9.17) is 5.26 Å². The second-order valence-corrected chi connectivity index (χ2v) is 4.62. The van der Waals surface area contributed by atoms with Crippen LogP contribution in [-0.2, 0) is 0 Å². The molecule has 0 saturated carbocycles. The molecule has 1 rings (SSSR count). The van der Waals surface area contributed by atoms with Gasteiger partial charge in [0.05, 0.1) is 5.69 Å². The van der Waals surface area contributed by atoms with E-state index in [0.29, 0.717) is 17.7 Å². The Kier molecular flexibility index (Phi) is 4.30. The fourth-order valence-electron chi connectivity index (χ4n) is 1.70. The largest absolute Gasteiger partial charge is 0.367 e. The minimum atomic E-state index is 0.374. The number of aromatic nitrogens is 1. The molecule has 16 heavy (non-hydrogen) atoms. The summed E-state index contributed by atoms with van der Waals surface area (Å²) in [4.78, 5) is 6.34. The van der Waals surface area contributed by atoms with E-state index in [0.717, 1.165) is 12.2 Å². The van der Waals surface area contributed by atoms with Gasteiger partial charge in [-0.2, -0.15) is 5.26 Å². The number of hydrogen-bond donors (Lipinski definition) is 0. The van der Waals surface area contributed by atoms with E-state index in [-0.39, 0.29) is 0 Å². The SMILES string of the molecule is CC(C)CN(c1cccnc1C#N)C(C)C. The molecule has 3 nitrogen and oxygen atoms in total. The molecule has 0 bridgehead atoms. The lowest BCUT2D eigenvalue weighted by atomic mass is 10.1. The maximum atomic E-state index is 9.04. The van der Waals surface area contributed by atoms with Crippen molar-refractivity contribution in [3.8, 4) is 6.07 Å². The van der Waals surface area contributed by atoms with Gasteiger partial charge in [-0.1, -0.05) is 13.8 Å². The van der Waals surface area contributed by atoms with Gasteiger partial charge < -0.3 is 4.90 Å². The molecule has 86 valence electrons. The molecule has 0 aliphatic carbocycles. The summed E-state index contributed by atoms with van der Waals surface area (Å²) in [5.74, 6) is 0.564. The fraction of sp³-hybridized carbons (Fsp3) is 0.538. The summed E-state index contributed by atoms with van der Waals surface area (Å²) in [6.07, 6.45) is 1.66. The highest BCUT2D eigenvalue weighted by molar-refractivity contribution is 5.56. The molecule has 0 aliphatic rings. The van der Waals surface area contributed by atoms with Gasteiger partial charge in [-0.3, -0.25) is 0 Å². The summed E-state index contributed by atoms with van der Waals surface area (Å²) >= 11 is 0. The Morgan fingerprint density at radius 1 is 1.38 bits per heavy atom. The fourth-order valence-corrected chi connectivity index (χ4v) is 1.70. The van der Waals surface area contributed by atoms with Gasteiger partial charge in [0, 0.05) is 18.8 Å². The molecule has 0 saturated heterocycles. The van der Waals surface area contributed by atoms with Gasteiger partial charge in [0.15, 0.2) is 5.69 Å². The van der Waals surface area contributed by atoms with E-state index >= 15 is 0 Å². The van der Waals surface area contributed by atoms with Crippen molar-refractivity contribution < 1.29 is 0 Å². The zero-order valence-electron chi connectivity index (χ0n) is 10.4. The quantitative estimate of drug-likeness (QED) is 0.778. The molecule has 0 radical (unpaired) electrons. The molecular weight excluding hydrogens is 198 g/mol. The number of pyridine rings is 1. The Hall–Kier alpha value is -1.56. The molecule has 1 heterocycles. The summed E-state index contributed by atoms with van der Waals surface area (Å²) in [5, 5.41) is 9.04. The smallest absolute Gasteiger partial charge is 0.163 e. The summed E-state index contributed by atoms with van der Waals surface area (Å²) in [6.45, 7) is 9.57. The average molecular weight is 217 g/mol. The lowest BCUT2D eigenvalue weighted by Gasteiger charge is -2.30. The van der Waals surface area contributed by atoms with Crippen LogP contribution in [0.5, 0.6) is 0 Å². The molecule has 0 N–H and O–H groups in total. The first-order valence-corrected chi connectivity index (χ1v) is 5.68. The predicted octanol–water partition coefficient (Wildman–Crippen LogP) is 2.82. The summed E-state index contributed by atoms with van der Waals surface area (Å²) in [7, 11) is 0. The zero-order valence-corrected chi connectivity index (χ0v) is 10.4. The molecule has 0 unspecified atom stereocenters. The zero-order chi connectivity index (χ0) is 12.1. The Labute approximate surface area is 97.7 Å². The minimum Gasteiger partial charge on any atom is -0.367 e. The first-order chi connectivity index (χ1) is 7.56. The van der Waals surface area contributed by atoms with Crippen molar-refractivity contribution >= 4 is 5.69 Å². The standard InChI is InChI=1S/C13H19N3/c1-10(2)9-16(11(3)4)13-6-5-7-15-12(13)8-14/h5-7,10-11H,9H2,1-4H3. The lowest BCUT2D eigenvalue weighted by molar-refractivity contribution is 0.570. The van der Waals surface area contributed by atoms with E-state index in [1.54, 1.807) is 6.20 Å². The number of hydrogen-bond acceptors (Lipinski definition) is 3. The van der Waals surface area contributed by atoms with Crippen LogP contribution in [0.15, 0.2) is 18.3 Å². The van der Waals surface area contributed by atoms with Crippen LogP contribution >= 0.6 is 0 Å².